The molecule has 2 amide bonds. The van der Waals surface area contributed by atoms with Crippen molar-refractivity contribution in [2.24, 2.45) is 0 Å². The van der Waals surface area contributed by atoms with E-state index in [0.717, 1.165) is 12.8 Å². The van der Waals surface area contributed by atoms with Crippen LogP contribution < -0.4 is 10.6 Å². The van der Waals surface area contributed by atoms with E-state index in [9.17, 15) is 14.0 Å². The molecule has 0 aliphatic rings. The van der Waals surface area contributed by atoms with Crippen LogP contribution in [0.1, 0.15) is 52.1 Å². The third kappa shape index (κ3) is 4.82. The lowest BCUT2D eigenvalue weighted by atomic mass is 10.2. The number of aryl methyl sites for hydroxylation is 2. The number of anilines is 1. The molecule has 0 atom stereocenters. The van der Waals surface area contributed by atoms with E-state index in [1.165, 1.54) is 24.3 Å². The van der Waals surface area contributed by atoms with Gasteiger partial charge in [0.2, 0.25) is 0 Å². The molecule has 6 nitrogen and oxygen atoms in total. The smallest absolute Gasteiger partial charge is 0.276 e. The van der Waals surface area contributed by atoms with Gasteiger partial charge < -0.3 is 10.6 Å². The number of carbonyl (C=O) groups is 2. The number of rotatable bonds is 6. The van der Waals surface area contributed by atoms with Gasteiger partial charge in [-0.2, -0.15) is 0 Å². The molecule has 2 aromatic rings. The second-order valence-electron chi connectivity index (χ2n) is 5.66. The summed E-state index contributed by atoms with van der Waals surface area (Å²) in [6, 6.07) is 5.34. The van der Waals surface area contributed by atoms with Crippen molar-refractivity contribution in [2.45, 2.75) is 33.6 Å². The third-order valence-corrected chi connectivity index (χ3v) is 3.66. The fourth-order valence-electron chi connectivity index (χ4n) is 2.11. The maximum atomic E-state index is 13.0. The van der Waals surface area contributed by atoms with Crippen LogP contribution in [0.25, 0.3) is 0 Å². The van der Waals surface area contributed by atoms with Gasteiger partial charge in [-0.05, 0) is 44.5 Å². The first-order valence-corrected chi connectivity index (χ1v) is 8.12. The summed E-state index contributed by atoms with van der Waals surface area (Å²) >= 11 is 0. The topological polar surface area (TPSA) is 84.0 Å². The van der Waals surface area contributed by atoms with Crippen molar-refractivity contribution in [1.82, 2.24) is 15.3 Å². The van der Waals surface area contributed by atoms with E-state index in [-0.39, 0.29) is 11.4 Å². The number of nitrogens with zero attached hydrogens (tertiary/aromatic N) is 2. The Hall–Kier alpha value is -2.83. The van der Waals surface area contributed by atoms with E-state index in [1.54, 1.807) is 13.8 Å². The number of carbonyl (C=O) groups excluding carboxylic acids is 2. The molecule has 0 radical (unpaired) electrons. The minimum Gasteiger partial charge on any atom is -0.351 e. The zero-order valence-corrected chi connectivity index (χ0v) is 14.5. The van der Waals surface area contributed by atoms with Gasteiger partial charge in [-0.15, -0.1) is 0 Å². The Balaban J connectivity index is 2.28. The average molecular weight is 344 g/mol. The Morgan fingerprint density at radius 3 is 2.12 bits per heavy atom. The van der Waals surface area contributed by atoms with Crippen molar-refractivity contribution in [3.63, 3.8) is 0 Å². The minimum absolute atomic E-state index is 0.0150. The summed E-state index contributed by atoms with van der Waals surface area (Å²) in [6.45, 7) is 5.97. The van der Waals surface area contributed by atoms with Gasteiger partial charge in [-0.3, -0.25) is 9.59 Å². The molecular formula is C18H21FN4O2. The molecule has 0 aliphatic heterocycles. The lowest BCUT2D eigenvalue weighted by Crippen LogP contribution is -2.30. The Kier molecular flexibility index (Phi) is 6.16. The highest BCUT2D eigenvalue weighted by Gasteiger charge is 2.22. The summed E-state index contributed by atoms with van der Waals surface area (Å²) in [7, 11) is 0. The second-order valence-corrected chi connectivity index (χ2v) is 5.66. The van der Waals surface area contributed by atoms with E-state index in [1.807, 2.05) is 6.92 Å². The van der Waals surface area contributed by atoms with Gasteiger partial charge in [0.25, 0.3) is 11.8 Å². The van der Waals surface area contributed by atoms with Crippen molar-refractivity contribution in [3.05, 3.63) is 52.9 Å². The summed E-state index contributed by atoms with van der Waals surface area (Å²) in [5.41, 5.74) is 1.48. The number of nitrogens with one attached hydrogen (secondary N) is 2. The van der Waals surface area contributed by atoms with Crippen LogP contribution in [0.2, 0.25) is 0 Å². The molecular weight excluding hydrogens is 323 g/mol. The van der Waals surface area contributed by atoms with Crippen molar-refractivity contribution in [3.8, 4) is 0 Å². The summed E-state index contributed by atoms with van der Waals surface area (Å²) in [5, 5.41) is 5.35. The highest BCUT2D eigenvalue weighted by Crippen LogP contribution is 2.13. The number of benzene rings is 1. The number of unbranched alkanes of at least 4 members (excludes halogenated alkanes) is 1. The Bertz CT molecular complexity index is 775. The number of hydrogen-bond acceptors (Lipinski definition) is 4. The van der Waals surface area contributed by atoms with Crippen molar-refractivity contribution in [1.29, 1.82) is 0 Å². The number of halogens is 1. The number of hydrogen-bond donors (Lipinski definition) is 2. The molecule has 0 fully saturated rings. The maximum absolute atomic E-state index is 13.0. The Morgan fingerprint density at radius 2 is 1.56 bits per heavy atom. The fourth-order valence-corrected chi connectivity index (χ4v) is 2.11. The van der Waals surface area contributed by atoms with Gasteiger partial charge in [0.15, 0.2) is 11.4 Å². The fraction of sp³-hybridized carbons (Fsp3) is 0.333. The molecule has 7 heteroatoms. The van der Waals surface area contributed by atoms with Gasteiger partial charge in [0.05, 0.1) is 11.4 Å². The molecule has 25 heavy (non-hydrogen) atoms. The number of aromatic nitrogens is 2. The third-order valence-electron chi connectivity index (χ3n) is 3.66. The molecule has 132 valence electrons. The first-order chi connectivity index (χ1) is 11.9. The minimum atomic E-state index is -0.567. The van der Waals surface area contributed by atoms with Crippen LogP contribution in [0.4, 0.5) is 10.1 Å². The van der Waals surface area contributed by atoms with Crippen molar-refractivity contribution in [2.75, 3.05) is 11.9 Å². The van der Waals surface area contributed by atoms with Gasteiger partial charge in [0, 0.05) is 12.2 Å². The molecule has 0 saturated heterocycles. The lowest BCUT2D eigenvalue weighted by Gasteiger charge is -2.11. The van der Waals surface area contributed by atoms with Gasteiger partial charge in [-0.25, -0.2) is 14.4 Å². The molecule has 1 aromatic heterocycles. The molecule has 0 aliphatic carbocycles. The predicted octanol–water partition coefficient (Wildman–Crippen LogP) is 3.01. The van der Waals surface area contributed by atoms with Gasteiger partial charge in [-0.1, -0.05) is 13.3 Å². The van der Waals surface area contributed by atoms with E-state index in [0.29, 0.717) is 23.6 Å². The van der Waals surface area contributed by atoms with Crippen LogP contribution in [0.15, 0.2) is 24.3 Å². The van der Waals surface area contributed by atoms with Crippen LogP contribution in [0.3, 0.4) is 0 Å². The SMILES string of the molecule is CCCCNC(=O)c1nc(C)c(C)nc1C(=O)Nc1ccc(F)cc1. The van der Waals surface area contributed by atoms with E-state index < -0.39 is 17.6 Å². The largest absolute Gasteiger partial charge is 0.351 e. The monoisotopic (exact) mass is 344 g/mol. The molecule has 0 unspecified atom stereocenters. The molecule has 1 heterocycles. The van der Waals surface area contributed by atoms with Crippen LogP contribution in [-0.4, -0.2) is 28.3 Å². The van der Waals surface area contributed by atoms with Crippen LogP contribution in [0, 0.1) is 19.7 Å². The molecule has 1 aromatic carbocycles. The molecule has 0 spiro atoms. The summed E-state index contributed by atoms with van der Waals surface area (Å²) in [4.78, 5) is 33.4. The zero-order valence-electron chi connectivity index (χ0n) is 14.5. The van der Waals surface area contributed by atoms with Crippen LogP contribution in [-0.2, 0) is 0 Å². The standard InChI is InChI=1S/C18H21FN4O2/c1-4-5-10-20-17(24)15-16(22-12(3)11(2)21-15)18(25)23-14-8-6-13(19)7-9-14/h6-9H,4-5,10H2,1-3H3,(H,20,24)(H,23,25). The van der Waals surface area contributed by atoms with E-state index in [2.05, 4.69) is 20.6 Å². The van der Waals surface area contributed by atoms with E-state index >= 15 is 0 Å². The first kappa shape index (κ1) is 18.5. The zero-order chi connectivity index (χ0) is 18.4. The second kappa shape index (κ2) is 8.32. The number of amides is 2. The highest BCUT2D eigenvalue weighted by atomic mass is 19.1. The van der Waals surface area contributed by atoms with Crippen molar-refractivity contribution >= 4 is 17.5 Å². The summed E-state index contributed by atoms with van der Waals surface area (Å²) < 4.78 is 13.0. The summed E-state index contributed by atoms with van der Waals surface area (Å²) in [5.74, 6) is -1.41. The average Bonchev–Trinajstić information content (AvgIpc) is 2.59. The quantitative estimate of drug-likeness (QED) is 0.789. The lowest BCUT2D eigenvalue weighted by molar-refractivity contribution is 0.0932. The van der Waals surface area contributed by atoms with Crippen LogP contribution in [0.5, 0.6) is 0 Å². The Morgan fingerprint density at radius 1 is 1.00 bits per heavy atom. The molecule has 0 saturated carbocycles. The highest BCUT2D eigenvalue weighted by molar-refractivity contribution is 6.10. The molecule has 0 bridgehead atoms. The first-order valence-electron chi connectivity index (χ1n) is 8.12. The van der Waals surface area contributed by atoms with Gasteiger partial charge >= 0.3 is 0 Å². The Labute approximate surface area is 145 Å². The van der Waals surface area contributed by atoms with Crippen molar-refractivity contribution < 1.29 is 14.0 Å². The molecule has 2 N–H and O–H groups in total. The molecule has 2 rings (SSSR count). The van der Waals surface area contributed by atoms with Gasteiger partial charge in [0.1, 0.15) is 5.82 Å². The predicted molar refractivity (Wildman–Crippen MR) is 93.1 cm³/mol. The normalized spacial score (nSPS) is 10.4. The van der Waals surface area contributed by atoms with Crippen LogP contribution >= 0.6 is 0 Å². The summed E-state index contributed by atoms with van der Waals surface area (Å²) in [6.07, 6.45) is 1.78. The maximum Gasteiger partial charge on any atom is 0.276 e. The van der Waals surface area contributed by atoms with E-state index in [4.69, 9.17) is 0 Å².